The van der Waals surface area contributed by atoms with Crippen molar-refractivity contribution in [2.75, 3.05) is 25.7 Å². The van der Waals surface area contributed by atoms with E-state index in [-0.39, 0.29) is 5.91 Å². The van der Waals surface area contributed by atoms with Crippen LogP contribution in [0.25, 0.3) is 6.08 Å². The Balaban J connectivity index is 1.95. The van der Waals surface area contributed by atoms with Gasteiger partial charge in [0.1, 0.15) is 23.9 Å². The van der Waals surface area contributed by atoms with Crippen molar-refractivity contribution >= 4 is 46.0 Å². The third-order valence-corrected chi connectivity index (χ3v) is 5.29. The minimum atomic E-state index is -0.211. The molecule has 5 nitrogen and oxygen atoms in total. The van der Waals surface area contributed by atoms with E-state index in [1.54, 1.807) is 44.6 Å². The molecule has 1 amide bonds. The van der Waals surface area contributed by atoms with Crippen LogP contribution in [0, 0.1) is 0 Å². The molecule has 0 unspecified atom stereocenters. The summed E-state index contributed by atoms with van der Waals surface area (Å²) in [7, 11) is 3.11. The zero-order chi connectivity index (χ0) is 20.1. The van der Waals surface area contributed by atoms with Gasteiger partial charge >= 0.3 is 0 Å². The Morgan fingerprint density at radius 1 is 1.14 bits per heavy atom. The van der Waals surface area contributed by atoms with Crippen molar-refractivity contribution in [3.63, 3.8) is 0 Å². The number of nitrogens with zero attached hydrogens (tertiary/aromatic N) is 1. The van der Waals surface area contributed by atoms with Crippen molar-refractivity contribution in [1.29, 1.82) is 0 Å². The van der Waals surface area contributed by atoms with Gasteiger partial charge < -0.3 is 14.2 Å². The molecule has 0 aliphatic carbocycles. The van der Waals surface area contributed by atoms with E-state index in [0.29, 0.717) is 38.8 Å². The quantitative estimate of drug-likeness (QED) is 0.373. The summed E-state index contributed by atoms with van der Waals surface area (Å²) in [6, 6.07) is 12.7. The van der Waals surface area contributed by atoms with E-state index in [4.69, 9.17) is 26.4 Å². The van der Waals surface area contributed by atoms with Crippen LogP contribution in [0.5, 0.6) is 17.2 Å². The highest BCUT2D eigenvalue weighted by molar-refractivity contribution is 8.27. The first kappa shape index (κ1) is 20.0. The maximum absolute atomic E-state index is 13.1. The third kappa shape index (κ3) is 4.05. The largest absolute Gasteiger partial charge is 0.497 e. The van der Waals surface area contributed by atoms with Crippen LogP contribution in [-0.4, -0.2) is 31.1 Å². The molecule has 7 heteroatoms. The van der Waals surface area contributed by atoms with E-state index in [1.807, 2.05) is 24.3 Å². The van der Waals surface area contributed by atoms with Crippen LogP contribution in [0.3, 0.4) is 0 Å². The zero-order valence-corrected chi connectivity index (χ0v) is 17.1. The molecule has 3 rings (SSSR count). The lowest BCUT2D eigenvalue weighted by atomic mass is 10.2. The molecule has 2 aromatic rings. The monoisotopic (exact) mass is 413 g/mol. The minimum absolute atomic E-state index is 0.211. The second kappa shape index (κ2) is 8.95. The number of amides is 1. The molecule has 0 radical (unpaired) electrons. The number of thioether (sulfide) groups is 1. The summed E-state index contributed by atoms with van der Waals surface area (Å²) in [6.07, 6.45) is 3.46. The normalized spacial score (nSPS) is 15.1. The van der Waals surface area contributed by atoms with E-state index >= 15 is 0 Å². The highest BCUT2D eigenvalue weighted by Gasteiger charge is 2.35. The molecule has 144 valence electrons. The Bertz CT molecular complexity index is 955. The summed E-state index contributed by atoms with van der Waals surface area (Å²) in [6.45, 7) is 4.04. The highest BCUT2D eigenvalue weighted by Crippen LogP contribution is 2.41. The van der Waals surface area contributed by atoms with Gasteiger partial charge in [-0.3, -0.25) is 9.69 Å². The van der Waals surface area contributed by atoms with Gasteiger partial charge in [-0.1, -0.05) is 54.8 Å². The molecule has 0 spiro atoms. The average Bonchev–Trinajstić information content (AvgIpc) is 2.99. The zero-order valence-electron chi connectivity index (χ0n) is 15.5. The van der Waals surface area contributed by atoms with Gasteiger partial charge in [0.05, 0.1) is 24.8 Å². The Morgan fingerprint density at radius 2 is 1.93 bits per heavy atom. The molecule has 1 fully saturated rings. The van der Waals surface area contributed by atoms with E-state index in [1.165, 1.54) is 16.7 Å². The smallest absolute Gasteiger partial charge is 0.270 e. The molecule has 0 atom stereocenters. The number of rotatable bonds is 7. The minimum Gasteiger partial charge on any atom is -0.497 e. The maximum Gasteiger partial charge on any atom is 0.270 e. The number of carbonyl (C=O) groups is 1. The van der Waals surface area contributed by atoms with Crippen molar-refractivity contribution in [3.05, 3.63) is 65.6 Å². The summed E-state index contributed by atoms with van der Waals surface area (Å²) in [4.78, 5) is 15.1. The number of carbonyl (C=O) groups excluding carboxylic acids is 1. The van der Waals surface area contributed by atoms with Crippen molar-refractivity contribution in [2.45, 2.75) is 0 Å². The summed E-state index contributed by atoms with van der Waals surface area (Å²) in [5, 5.41) is 0. The molecule has 1 saturated heterocycles. The number of anilines is 1. The molecule has 1 aliphatic rings. The van der Waals surface area contributed by atoms with E-state index in [9.17, 15) is 4.79 Å². The molecule has 1 aliphatic heterocycles. The van der Waals surface area contributed by atoms with Crippen LogP contribution < -0.4 is 19.1 Å². The first-order valence-corrected chi connectivity index (χ1v) is 9.64. The topological polar surface area (TPSA) is 48.0 Å². The van der Waals surface area contributed by atoms with Crippen molar-refractivity contribution in [2.24, 2.45) is 0 Å². The molecule has 2 aromatic carbocycles. The first-order chi connectivity index (χ1) is 13.6. The predicted molar refractivity (Wildman–Crippen MR) is 117 cm³/mol. The number of para-hydroxylation sites is 1. The van der Waals surface area contributed by atoms with Gasteiger partial charge in [0.15, 0.2) is 4.32 Å². The Hall–Kier alpha value is -2.77. The Labute approximate surface area is 173 Å². The molecule has 1 heterocycles. The summed E-state index contributed by atoms with van der Waals surface area (Å²) in [5.74, 6) is 1.60. The molecule has 0 bridgehead atoms. The van der Waals surface area contributed by atoms with Crippen LogP contribution in [-0.2, 0) is 4.79 Å². The first-order valence-electron chi connectivity index (χ1n) is 8.41. The Kier molecular flexibility index (Phi) is 6.38. The number of thiocarbonyl (C=S) groups is 1. The van der Waals surface area contributed by atoms with Crippen LogP contribution in [0.4, 0.5) is 5.69 Å². The Morgan fingerprint density at radius 3 is 2.64 bits per heavy atom. The fourth-order valence-electron chi connectivity index (χ4n) is 2.67. The number of hydrogen-bond donors (Lipinski definition) is 0. The van der Waals surface area contributed by atoms with Crippen LogP contribution >= 0.6 is 24.0 Å². The second-order valence-electron chi connectivity index (χ2n) is 5.69. The molecule has 28 heavy (non-hydrogen) atoms. The van der Waals surface area contributed by atoms with Gasteiger partial charge in [0.2, 0.25) is 0 Å². The number of hydrogen-bond acceptors (Lipinski definition) is 6. The molecular weight excluding hydrogens is 394 g/mol. The molecule has 0 saturated carbocycles. The standard InChI is InChI=1S/C21H19NO4S2/c1-4-11-26-17-8-6-5-7-14(17)12-19-20(23)22(21(27)28-19)16-10-9-15(24-2)13-18(16)25-3/h4-10,12-13H,1,11H2,2-3H3. The lowest BCUT2D eigenvalue weighted by Gasteiger charge is -2.18. The number of methoxy groups -OCH3 is 2. The van der Waals surface area contributed by atoms with Crippen LogP contribution in [0.1, 0.15) is 5.56 Å². The van der Waals surface area contributed by atoms with E-state index < -0.39 is 0 Å². The van der Waals surface area contributed by atoms with E-state index in [2.05, 4.69) is 6.58 Å². The lowest BCUT2D eigenvalue weighted by Crippen LogP contribution is -2.27. The van der Waals surface area contributed by atoms with Gasteiger partial charge in [-0.25, -0.2) is 0 Å². The van der Waals surface area contributed by atoms with Crippen LogP contribution in [0.15, 0.2) is 60.0 Å². The number of benzene rings is 2. The second-order valence-corrected chi connectivity index (χ2v) is 7.37. The summed E-state index contributed by atoms with van der Waals surface area (Å²) in [5.41, 5.74) is 1.37. The lowest BCUT2D eigenvalue weighted by molar-refractivity contribution is -0.113. The fourth-order valence-corrected chi connectivity index (χ4v) is 3.94. The average molecular weight is 414 g/mol. The van der Waals surface area contributed by atoms with Crippen LogP contribution in [0.2, 0.25) is 0 Å². The van der Waals surface area contributed by atoms with Crippen molar-refractivity contribution < 1.29 is 19.0 Å². The number of ether oxygens (including phenoxy) is 3. The third-order valence-electron chi connectivity index (χ3n) is 3.98. The van der Waals surface area contributed by atoms with Gasteiger partial charge in [0.25, 0.3) is 5.91 Å². The fraction of sp³-hybridized carbons (Fsp3) is 0.143. The van der Waals surface area contributed by atoms with Gasteiger partial charge in [-0.2, -0.15) is 0 Å². The molecule has 0 aromatic heterocycles. The molecular formula is C21H19NO4S2. The maximum atomic E-state index is 13.1. The summed E-state index contributed by atoms with van der Waals surface area (Å²) >= 11 is 6.70. The summed E-state index contributed by atoms with van der Waals surface area (Å²) < 4.78 is 16.7. The van der Waals surface area contributed by atoms with Gasteiger partial charge in [-0.15, -0.1) is 0 Å². The van der Waals surface area contributed by atoms with E-state index in [0.717, 1.165) is 5.56 Å². The van der Waals surface area contributed by atoms with Gasteiger partial charge in [-0.05, 0) is 24.3 Å². The predicted octanol–water partition coefficient (Wildman–Crippen LogP) is 4.67. The van der Waals surface area contributed by atoms with Gasteiger partial charge in [0, 0.05) is 11.6 Å². The van der Waals surface area contributed by atoms with Crippen molar-refractivity contribution in [3.8, 4) is 17.2 Å². The molecule has 0 N–H and O–H groups in total. The SMILES string of the molecule is C=CCOc1ccccc1C=C1SC(=S)N(c2ccc(OC)cc2OC)C1=O. The van der Waals surface area contributed by atoms with Crippen molar-refractivity contribution in [1.82, 2.24) is 0 Å². The highest BCUT2D eigenvalue weighted by atomic mass is 32.2.